The molecule has 4 nitrogen and oxygen atoms in total. The van der Waals surface area contributed by atoms with Crippen LogP contribution in [0.15, 0.2) is 36.4 Å². The van der Waals surface area contributed by atoms with E-state index >= 15 is 0 Å². The molecule has 0 radical (unpaired) electrons. The first-order chi connectivity index (χ1) is 7.66. The van der Waals surface area contributed by atoms with Crippen molar-refractivity contribution in [2.24, 2.45) is 0 Å². The summed E-state index contributed by atoms with van der Waals surface area (Å²) in [6.45, 7) is 0. The maximum atomic E-state index is 9.04. The maximum Gasteiger partial charge on any atom is 0.488 e. The maximum absolute atomic E-state index is 9.04. The second-order valence-corrected chi connectivity index (χ2v) is 3.63. The Morgan fingerprint density at radius 1 is 1.06 bits per heavy atom. The Morgan fingerprint density at radius 3 is 2.50 bits per heavy atom. The van der Waals surface area contributed by atoms with E-state index in [4.69, 9.17) is 21.6 Å². The molecule has 0 unspecified atom stereocenters. The molecular weight excluding hydrogens is 226 g/mol. The number of benzene rings is 1. The van der Waals surface area contributed by atoms with E-state index in [-0.39, 0.29) is 0 Å². The highest BCUT2D eigenvalue weighted by Gasteiger charge is 2.11. The molecule has 0 aliphatic heterocycles. The first kappa shape index (κ1) is 11.1. The second-order valence-electron chi connectivity index (χ2n) is 3.24. The number of hydrogen-bond acceptors (Lipinski definition) is 4. The highest BCUT2D eigenvalue weighted by Crippen LogP contribution is 2.15. The Bertz CT molecular complexity index is 490. The van der Waals surface area contributed by atoms with E-state index in [1.807, 2.05) is 6.07 Å². The largest absolute Gasteiger partial charge is 0.488 e. The highest BCUT2D eigenvalue weighted by molar-refractivity contribution is 6.58. The van der Waals surface area contributed by atoms with Crippen LogP contribution in [-0.2, 0) is 0 Å². The molecule has 0 spiro atoms. The molecule has 0 atom stereocenters. The Morgan fingerprint density at radius 2 is 1.88 bits per heavy atom. The van der Waals surface area contributed by atoms with E-state index in [0.717, 1.165) is 5.56 Å². The zero-order valence-electron chi connectivity index (χ0n) is 8.21. The van der Waals surface area contributed by atoms with Crippen molar-refractivity contribution < 1.29 is 10.0 Å². The molecule has 80 valence electrons. The lowest BCUT2D eigenvalue weighted by atomic mass is 9.79. The van der Waals surface area contributed by atoms with Gasteiger partial charge in [-0.05, 0) is 17.6 Å². The molecule has 16 heavy (non-hydrogen) atoms. The summed E-state index contributed by atoms with van der Waals surface area (Å²) in [4.78, 5) is 0. The van der Waals surface area contributed by atoms with Gasteiger partial charge in [0.05, 0.1) is 5.69 Å². The Balaban J connectivity index is 2.40. The van der Waals surface area contributed by atoms with Gasteiger partial charge in [0, 0.05) is 5.56 Å². The molecule has 0 aliphatic carbocycles. The average molecular weight is 234 g/mol. The van der Waals surface area contributed by atoms with Gasteiger partial charge in [0.1, 0.15) is 0 Å². The third-order valence-electron chi connectivity index (χ3n) is 2.11. The van der Waals surface area contributed by atoms with E-state index in [9.17, 15) is 0 Å². The molecule has 2 rings (SSSR count). The normalized spacial score (nSPS) is 10.2. The van der Waals surface area contributed by atoms with Gasteiger partial charge in [-0.25, -0.2) is 0 Å². The molecule has 1 aromatic heterocycles. The summed E-state index contributed by atoms with van der Waals surface area (Å²) in [5.41, 5.74) is 1.80. The van der Waals surface area contributed by atoms with Gasteiger partial charge < -0.3 is 10.0 Å². The standard InChI is InChI=1S/C10H8BClN2O2/c12-10-5-4-9(13-14-10)7-2-1-3-8(6-7)11(15)16/h1-6,15-16H. The number of aromatic nitrogens is 2. The summed E-state index contributed by atoms with van der Waals surface area (Å²) in [6, 6.07) is 10.1. The monoisotopic (exact) mass is 234 g/mol. The predicted octanol–water partition coefficient (Wildman–Crippen LogP) is 0.477. The second kappa shape index (κ2) is 4.61. The fourth-order valence-corrected chi connectivity index (χ4v) is 1.43. The Labute approximate surface area is 97.7 Å². The van der Waals surface area contributed by atoms with Crippen molar-refractivity contribution >= 4 is 24.2 Å². The van der Waals surface area contributed by atoms with Crippen LogP contribution in [0, 0.1) is 0 Å². The fourth-order valence-electron chi connectivity index (χ4n) is 1.33. The third-order valence-corrected chi connectivity index (χ3v) is 2.31. The molecule has 0 amide bonds. The van der Waals surface area contributed by atoms with E-state index < -0.39 is 7.12 Å². The lowest BCUT2D eigenvalue weighted by Gasteiger charge is -2.03. The molecular formula is C10H8BClN2O2. The Kier molecular flexibility index (Phi) is 3.19. The molecule has 0 aliphatic rings. The summed E-state index contributed by atoms with van der Waals surface area (Å²) in [5, 5.41) is 26.0. The zero-order chi connectivity index (χ0) is 11.5. The molecule has 0 saturated heterocycles. The van der Waals surface area contributed by atoms with E-state index in [1.165, 1.54) is 0 Å². The van der Waals surface area contributed by atoms with Crippen LogP contribution >= 0.6 is 11.6 Å². The van der Waals surface area contributed by atoms with Crippen LogP contribution in [0.25, 0.3) is 11.3 Å². The van der Waals surface area contributed by atoms with Gasteiger partial charge in [-0.1, -0.05) is 35.9 Å². The average Bonchev–Trinajstić information content (AvgIpc) is 2.30. The summed E-state index contributed by atoms with van der Waals surface area (Å²) >= 11 is 5.63. The van der Waals surface area contributed by atoms with Gasteiger partial charge in [-0.3, -0.25) is 0 Å². The minimum Gasteiger partial charge on any atom is -0.423 e. The van der Waals surface area contributed by atoms with Gasteiger partial charge in [0.2, 0.25) is 0 Å². The lowest BCUT2D eigenvalue weighted by molar-refractivity contribution is 0.426. The van der Waals surface area contributed by atoms with Crippen LogP contribution in [0.5, 0.6) is 0 Å². The SMILES string of the molecule is OB(O)c1cccc(-c2ccc(Cl)nn2)c1. The summed E-state index contributed by atoms with van der Waals surface area (Å²) in [5.74, 6) is 0. The van der Waals surface area contributed by atoms with Crippen LogP contribution in [0.3, 0.4) is 0 Å². The summed E-state index contributed by atoms with van der Waals surface area (Å²) < 4.78 is 0. The number of halogens is 1. The van der Waals surface area contributed by atoms with E-state index in [0.29, 0.717) is 16.3 Å². The number of hydrogen-bond donors (Lipinski definition) is 2. The van der Waals surface area contributed by atoms with Gasteiger partial charge in [-0.15, -0.1) is 10.2 Å². The smallest absolute Gasteiger partial charge is 0.423 e. The molecule has 1 heterocycles. The minimum absolute atomic E-state index is 0.321. The van der Waals surface area contributed by atoms with Gasteiger partial charge in [0.15, 0.2) is 5.15 Å². The molecule has 1 aromatic carbocycles. The van der Waals surface area contributed by atoms with E-state index in [1.54, 1.807) is 30.3 Å². The van der Waals surface area contributed by atoms with Crippen LogP contribution in [0.2, 0.25) is 5.15 Å². The molecule has 0 fully saturated rings. The van der Waals surface area contributed by atoms with Crippen LogP contribution in [-0.4, -0.2) is 27.4 Å². The predicted molar refractivity (Wildman–Crippen MR) is 62.3 cm³/mol. The molecule has 2 N–H and O–H groups in total. The zero-order valence-corrected chi connectivity index (χ0v) is 8.96. The first-order valence-corrected chi connectivity index (χ1v) is 5.00. The van der Waals surface area contributed by atoms with Crippen LogP contribution in [0.1, 0.15) is 0 Å². The van der Waals surface area contributed by atoms with Crippen LogP contribution < -0.4 is 5.46 Å². The molecule has 0 bridgehead atoms. The van der Waals surface area contributed by atoms with Crippen molar-refractivity contribution in [3.63, 3.8) is 0 Å². The molecule has 6 heteroatoms. The van der Waals surface area contributed by atoms with Crippen molar-refractivity contribution in [2.45, 2.75) is 0 Å². The first-order valence-electron chi connectivity index (χ1n) is 4.62. The number of rotatable bonds is 2. The van der Waals surface area contributed by atoms with Gasteiger partial charge >= 0.3 is 7.12 Å². The van der Waals surface area contributed by atoms with Gasteiger partial charge in [0.25, 0.3) is 0 Å². The quantitative estimate of drug-likeness (QED) is 0.742. The molecule has 0 saturated carbocycles. The molecule has 2 aromatic rings. The third kappa shape index (κ3) is 2.39. The van der Waals surface area contributed by atoms with Crippen molar-refractivity contribution in [2.75, 3.05) is 0 Å². The lowest BCUT2D eigenvalue weighted by Crippen LogP contribution is -2.29. The van der Waals surface area contributed by atoms with Crippen molar-refractivity contribution in [3.8, 4) is 11.3 Å². The van der Waals surface area contributed by atoms with E-state index in [2.05, 4.69) is 10.2 Å². The van der Waals surface area contributed by atoms with Crippen molar-refractivity contribution in [3.05, 3.63) is 41.6 Å². The van der Waals surface area contributed by atoms with Crippen molar-refractivity contribution in [1.82, 2.24) is 10.2 Å². The fraction of sp³-hybridized carbons (Fsp3) is 0. The summed E-state index contributed by atoms with van der Waals surface area (Å²) in [6.07, 6.45) is 0. The Hall–Kier alpha value is -1.43. The highest BCUT2D eigenvalue weighted by atomic mass is 35.5. The summed E-state index contributed by atoms with van der Waals surface area (Å²) in [7, 11) is -1.49. The number of nitrogens with zero attached hydrogens (tertiary/aromatic N) is 2. The topological polar surface area (TPSA) is 66.2 Å². The van der Waals surface area contributed by atoms with Crippen LogP contribution in [0.4, 0.5) is 0 Å². The van der Waals surface area contributed by atoms with Crippen molar-refractivity contribution in [1.29, 1.82) is 0 Å². The minimum atomic E-state index is -1.49. The van der Waals surface area contributed by atoms with Gasteiger partial charge in [-0.2, -0.15) is 0 Å².